The third-order valence-electron chi connectivity index (χ3n) is 2.97. The Morgan fingerprint density at radius 2 is 1.64 bits per heavy atom. The van der Waals surface area contributed by atoms with Crippen LogP contribution in [0.1, 0.15) is 11.1 Å². The molecule has 0 saturated carbocycles. The molecule has 2 rings (SSSR count). The van der Waals surface area contributed by atoms with E-state index < -0.39 is 19.9 Å². The van der Waals surface area contributed by atoms with E-state index in [0.29, 0.717) is 5.56 Å². The first-order valence-electron chi connectivity index (χ1n) is 6.52. The topological polar surface area (TPSA) is 80.3 Å². The number of hydrogen-bond acceptors (Lipinski definition) is 4. The third-order valence-corrected chi connectivity index (χ3v) is 5.35. The molecule has 7 heteroatoms. The second-order valence-corrected chi connectivity index (χ2v) is 8.89. The monoisotopic (exact) mass is 339 g/mol. The predicted octanol–water partition coefficient (Wildman–Crippen LogP) is 2.34. The van der Waals surface area contributed by atoms with Crippen molar-refractivity contribution < 1.29 is 16.8 Å². The Morgan fingerprint density at radius 1 is 0.955 bits per heavy atom. The van der Waals surface area contributed by atoms with Crippen molar-refractivity contribution in [1.82, 2.24) is 0 Å². The zero-order chi connectivity index (χ0) is 16.4. The van der Waals surface area contributed by atoms with Crippen LogP contribution in [0.5, 0.6) is 0 Å². The first-order valence-corrected chi connectivity index (χ1v) is 10.1. The lowest BCUT2D eigenvalue weighted by Gasteiger charge is -2.09. The van der Waals surface area contributed by atoms with Gasteiger partial charge in [-0.3, -0.25) is 4.72 Å². The number of benzene rings is 2. The molecule has 0 saturated heterocycles. The molecule has 0 unspecified atom stereocenters. The third kappa shape index (κ3) is 4.57. The second-order valence-electron chi connectivity index (χ2n) is 5.15. The van der Waals surface area contributed by atoms with Gasteiger partial charge in [0.2, 0.25) is 10.0 Å². The fourth-order valence-corrected chi connectivity index (χ4v) is 3.87. The number of rotatable bonds is 5. The summed E-state index contributed by atoms with van der Waals surface area (Å²) in [5.74, 6) is -0.169. The largest absolute Gasteiger partial charge is 0.283 e. The molecule has 0 aliphatic rings. The molecule has 0 heterocycles. The molecule has 2 aromatic rings. The van der Waals surface area contributed by atoms with E-state index in [1.165, 1.54) is 24.3 Å². The predicted molar refractivity (Wildman–Crippen MR) is 87.0 cm³/mol. The molecule has 1 N–H and O–H groups in total. The maximum atomic E-state index is 12.2. The van der Waals surface area contributed by atoms with Crippen molar-refractivity contribution in [2.45, 2.75) is 17.6 Å². The van der Waals surface area contributed by atoms with Crippen molar-refractivity contribution in [2.75, 3.05) is 11.0 Å². The van der Waals surface area contributed by atoms with Crippen molar-refractivity contribution in [3.8, 4) is 0 Å². The zero-order valence-electron chi connectivity index (χ0n) is 12.3. The minimum Gasteiger partial charge on any atom is -0.283 e. The summed E-state index contributed by atoms with van der Waals surface area (Å²) in [4.78, 5) is 0.0725. The Kier molecular flexibility index (Phi) is 4.58. The number of anilines is 1. The van der Waals surface area contributed by atoms with Crippen LogP contribution in [0, 0.1) is 6.92 Å². The van der Waals surface area contributed by atoms with E-state index in [0.717, 1.165) is 11.8 Å². The van der Waals surface area contributed by atoms with Crippen LogP contribution in [0.15, 0.2) is 53.4 Å². The van der Waals surface area contributed by atoms with Gasteiger partial charge in [-0.05, 0) is 30.7 Å². The Hall–Kier alpha value is -1.86. The molecule has 0 spiro atoms. The molecule has 0 aromatic heterocycles. The SMILES string of the molecule is Cc1cccc(CS(=O)(=O)Nc2cccc(S(C)(=O)=O)c2)c1. The van der Waals surface area contributed by atoms with Gasteiger partial charge in [-0.1, -0.05) is 35.9 Å². The number of sulfonamides is 1. The summed E-state index contributed by atoms with van der Waals surface area (Å²) in [5, 5.41) is 0. The molecule has 0 radical (unpaired) electrons. The molecule has 118 valence electrons. The Bertz CT molecular complexity index is 887. The van der Waals surface area contributed by atoms with E-state index in [1.54, 1.807) is 18.2 Å². The van der Waals surface area contributed by atoms with E-state index in [4.69, 9.17) is 0 Å². The Morgan fingerprint density at radius 3 is 2.27 bits per heavy atom. The van der Waals surface area contributed by atoms with Gasteiger partial charge in [-0.2, -0.15) is 0 Å². The highest BCUT2D eigenvalue weighted by Crippen LogP contribution is 2.18. The van der Waals surface area contributed by atoms with Crippen molar-refractivity contribution in [2.24, 2.45) is 0 Å². The molecular formula is C15H17NO4S2. The molecule has 0 aliphatic heterocycles. The lowest BCUT2D eigenvalue weighted by molar-refractivity contribution is 0.598. The van der Waals surface area contributed by atoms with Gasteiger partial charge in [0.1, 0.15) is 0 Å². The molecule has 0 bridgehead atoms. The molecule has 0 aliphatic carbocycles. The quantitative estimate of drug-likeness (QED) is 0.907. The molecular weight excluding hydrogens is 322 g/mol. The number of nitrogens with one attached hydrogen (secondary N) is 1. The summed E-state index contributed by atoms with van der Waals surface area (Å²) in [5.41, 5.74) is 1.88. The lowest BCUT2D eigenvalue weighted by atomic mass is 10.2. The van der Waals surface area contributed by atoms with Crippen LogP contribution in [0.2, 0.25) is 0 Å². The van der Waals surface area contributed by atoms with E-state index in [2.05, 4.69) is 4.72 Å². The van der Waals surface area contributed by atoms with Gasteiger partial charge in [-0.25, -0.2) is 16.8 Å². The smallest absolute Gasteiger partial charge is 0.236 e. The van der Waals surface area contributed by atoms with Crippen LogP contribution in [-0.2, 0) is 25.6 Å². The van der Waals surface area contributed by atoms with E-state index in [1.807, 2.05) is 13.0 Å². The van der Waals surface area contributed by atoms with E-state index in [9.17, 15) is 16.8 Å². The van der Waals surface area contributed by atoms with Gasteiger partial charge in [-0.15, -0.1) is 0 Å². The van der Waals surface area contributed by atoms with E-state index in [-0.39, 0.29) is 16.3 Å². The van der Waals surface area contributed by atoms with Crippen LogP contribution in [0.4, 0.5) is 5.69 Å². The van der Waals surface area contributed by atoms with Gasteiger partial charge in [0, 0.05) is 11.9 Å². The summed E-state index contributed by atoms with van der Waals surface area (Å²) in [6, 6.07) is 13.0. The van der Waals surface area contributed by atoms with Crippen molar-refractivity contribution >= 4 is 25.5 Å². The fraction of sp³-hybridized carbons (Fsp3) is 0.200. The van der Waals surface area contributed by atoms with E-state index >= 15 is 0 Å². The summed E-state index contributed by atoms with van der Waals surface area (Å²) < 4.78 is 49.8. The van der Waals surface area contributed by atoms with Gasteiger partial charge in [0.15, 0.2) is 9.84 Å². The van der Waals surface area contributed by atoms with Crippen LogP contribution in [-0.4, -0.2) is 23.1 Å². The molecule has 0 fully saturated rings. The molecule has 2 aromatic carbocycles. The zero-order valence-corrected chi connectivity index (χ0v) is 13.9. The highest BCUT2D eigenvalue weighted by atomic mass is 32.2. The minimum absolute atomic E-state index is 0.0725. The van der Waals surface area contributed by atoms with Crippen LogP contribution >= 0.6 is 0 Å². The number of aryl methyl sites for hydroxylation is 1. The number of hydrogen-bond donors (Lipinski definition) is 1. The van der Waals surface area contributed by atoms with Gasteiger partial charge >= 0.3 is 0 Å². The van der Waals surface area contributed by atoms with Crippen LogP contribution < -0.4 is 4.72 Å². The summed E-state index contributed by atoms with van der Waals surface area (Å²) in [6.45, 7) is 1.89. The first-order chi connectivity index (χ1) is 10.2. The second kappa shape index (κ2) is 6.10. The van der Waals surface area contributed by atoms with Crippen molar-refractivity contribution in [3.05, 3.63) is 59.7 Å². The van der Waals surface area contributed by atoms with Crippen molar-refractivity contribution in [3.63, 3.8) is 0 Å². The van der Waals surface area contributed by atoms with Crippen LogP contribution in [0.3, 0.4) is 0 Å². The molecule has 0 amide bonds. The average Bonchev–Trinajstić information content (AvgIpc) is 2.36. The highest BCUT2D eigenvalue weighted by molar-refractivity contribution is 7.92. The summed E-state index contributed by atoms with van der Waals surface area (Å²) in [7, 11) is -6.99. The Balaban J connectivity index is 2.22. The first kappa shape index (κ1) is 16.5. The van der Waals surface area contributed by atoms with Crippen LogP contribution in [0.25, 0.3) is 0 Å². The summed E-state index contributed by atoms with van der Waals surface area (Å²) in [6.07, 6.45) is 1.08. The average molecular weight is 339 g/mol. The molecule has 5 nitrogen and oxygen atoms in total. The minimum atomic E-state index is -3.61. The van der Waals surface area contributed by atoms with Gasteiger partial charge < -0.3 is 0 Å². The molecule has 22 heavy (non-hydrogen) atoms. The van der Waals surface area contributed by atoms with Gasteiger partial charge in [0.25, 0.3) is 0 Å². The van der Waals surface area contributed by atoms with Gasteiger partial charge in [0.05, 0.1) is 10.6 Å². The maximum absolute atomic E-state index is 12.2. The maximum Gasteiger partial charge on any atom is 0.236 e. The number of sulfone groups is 1. The lowest BCUT2D eigenvalue weighted by Crippen LogP contribution is -2.15. The Labute approximate surface area is 131 Å². The van der Waals surface area contributed by atoms with Crippen molar-refractivity contribution in [1.29, 1.82) is 0 Å². The highest BCUT2D eigenvalue weighted by Gasteiger charge is 2.14. The summed E-state index contributed by atoms with van der Waals surface area (Å²) >= 11 is 0. The standard InChI is InChI=1S/C15H17NO4S2/c1-12-5-3-6-13(9-12)11-22(19,20)16-14-7-4-8-15(10-14)21(2,17)18/h3-10,16H,11H2,1-2H3. The normalized spacial score (nSPS) is 12.1. The fourth-order valence-electron chi connectivity index (χ4n) is 2.03. The molecule has 0 atom stereocenters.